The number of carboxylic acid groups (broad SMARTS) is 1. The number of carbonyl (C=O) groups is 1. The van der Waals surface area contributed by atoms with Crippen molar-refractivity contribution in [1.29, 1.82) is 0 Å². The van der Waals surface area contributed by atoms with E-state index >= 15 is 0 Å². The highest BCUT2D eigenvalue weighted by molar-refractivity contribution is 5.87. The number of hydrogen-bond donors (Lipinski definition) is 1. The number of aromatic carboxylic acids is 1. The van der Waals surface area contributed by atoms with Crippen LogP contribution in [0.3, 0.4) is 0 Å². The predicted octanol–water partition coefficient (Wildman–Crippen LogP) is 2.34. The van der Waals surface area contributed by atoms with Gasteiger partial charge in [-0.15, -0.1) is 0 Å². The fourth-order valence-corrected chi connectivity index (χ4v) is 2.38. The maximum Gasteiger partial charge on any atom is 0.335 e. The van der Waals surface area contributed by atoms with Crippen molar-refractivity contribution in [1.82, 2.24) is 19.6 Å². The summed E-state index contributed by atoms with van der Waals surface area (Å²) in [5, 5.41) is 17.8. The van der Waals surface area contributed by atoms with Gasteiger partial charge in [0.15, 0.2) is 0 Å². The van der Waals surface area contributed by atoms with Gasteiger partial charge in [0.25, 0.3) is 0 Å². The van der Waals surface area contributed by atoms with Crippen molar-refractivity contribution in [2.45, 2.75) is 13.5 Å². The van der Waals surface area contributed by atoms with E-state index in [2.05, 4.69) is 10.2 Å². The molecule has 0 unspecified atom stereocenters. The summed E-state index contributed by atoms with van der Waals surface area (Å²) < 4.78 is 3.60. The number of hydrogen-bond acceptors (Lipinski definition) is 3. The Morgan fingerprint density at radius 1 is 1.18 bits per heavy atom. The molecule has 0 aliphatic carbocycles. The van der Waals surface area contributed by atoms with Gasteiger partial charge in [-0.25, -0.2) is 4.79 Å². The summed E-state index contributed by atoms with van der Waals surface area (Å²) in [5.74, 6) is -0.917. The zero-order valence-corrected chi connectivity index (χ0v) is 12.4. The highest BCUT2D eigenvalue weighted by Crippen LogP contribution is 2.20. The molecule has 1 aromatic carbocycles. The molecule has 0 fully saturated rings. The number of aryl methyl sites for hydroxylation is 2. The molecule has 1 N–H and O–H groups in total. The van der Waals surface area contributed by atoms with E-state index in [1.807, 2.05) is 37.1 Å². The number of carboxylic acids is 1. The molecule has 0 aliphatic heterocycles. The Labute approximate surface area is 127 Å². The number of benzene rings is 1. The number of rotatable bonds is 4. The predicted molar refractivity (Wildman–Crippen MR) is 81.7 cm³/mol. The molecule has 112 valence electrons. The second kappa shape index (κ2) is 5.48. The molecule has 0 radical (unpaired) electrons. The minimum absolute atomic E-state index is 0.288. The third-order valence-electron chi connectivity index (χ3n) is 3.48. The standard InChI is InChI=1S/C16H16N4O2/c1-11-14(10-19(2)17-11)15-7-8-20(18-15)9-12-3-5-13(6-4-12)16(21)22/h3-8,10H,9H2,1-2H3,(H,21,22). The van der Waals surface area contributed by atoms with Crippen molar-refractivity contribution in [3.05, 3.63) is 59.5 Å². The molecule has 6 heteroatoms. The molecule has 3 aromatic rings. The normalized spacial score (nSPS) is 10.8. The third kappa shape index (κ3) is 2.76. The molecule has 0 spiro atoms. The van der Waals surface area contributed by atoms with Crippen LogP contribution >= 0.6 is 0 Å². The van der Waals surface area contributed by atoms with Crippen molar-refractivity contribution in [3.8, 4) is 11.3 Å². The van der Waals surface area contributed by atoms with Gasteiger partial charge in [0.05, 0.1) is 23.5 Å². The lowest BCUT2D eigenvalue weighted by Gasteiger charge is -2.02. The highest BCUT2D eigenvalue weighted by Gasteiger charge is 2.09. The van der Waals surface area contributed by atoms with Gasteiger partial charge in [0, 0.05) is 25.0 Å². The van der Waals surface area contributed by atoms with Crippen molar-refractivity contribution in [2.24, 2.45) is 7.05 Å². The Bertz CT molecular complexity index is 815. The molecular formula is C16H16N4O2. The lowest BCUT2D eigenvalue weighted by molar-refractivity contribution is 0.0697. The van der Waals surface area contributed by atoms with Crippen LogP contribution < -0.4 is 0 Å². The van der Waals surface area contributed by atoms with Crippen LogP contribution in [0.15, 0.2) is 42.7 Å². The Hall–Kier alpha value is -2.89. The second-order valence-electron chi connectivity index (χ2n) is 5.20. The van der Waals surface area contributed by atoms with Crippen LogP contribution in [0.25, 0.3) is 11.3 Å². The zero-order valence-electron chi connectivity index (χ0n) is 12.4. The van der Waals surface area contributed by atoms with Crippen molar-refractivity contribution >= 4 is 5.97 Å². The van der Waals surface area contributed by atoms with Crippen LogP contribution in [0, 0.1) is 6.92 Å². The lowest BCUT2D eigenvalue weighted by atomic mass is 10.1. The number of aromatic nitrogens is 4. The second-order valence-corrected chi connectivity index (χ2v) is 5.20. The minimum Gasteiger partial charge on any atom is -0.478 e. The first-order chi connectivity index (χ1) is 10.5. The molecule has 2 heterocycles. The fourth-order valence-electron chi connectivity index (χ4n) is 2.38. The molecule has 6 nitrogen and oxygen atoms in total. The van der Waals surface area contributed by atoms with E-state index in [9.17, 15) is 4.79 Å². The molecule has 22 heavy (non-hydrogen) atoms. The largest absolute Gasteiger partial charge is 0.478 e. The fraction of sp³-hybridized carbons (Fsp3) is 0.188. The maximum absolute atomic E-state index is 10.8. The van der Waals surface area contributed by atoms with Gasteiger partial charge in [-0.3, -0.25) is 9.36 Å². The van der Waals surface area contributed by atoms with Gasteiger partial charge in [0.1, 0.15) is 0 Å². The van der Waals surface area contributed by atoms with E-state index in [0.29, 0.717) is 6.54 Å². The molecule has 2 aromatic heterocycles. The van der Waals surface area contributed by atoms with Crippen molar-refractivity contribution in [2.75, 3.05) is 0 Å². The highest BCUT2D eigenvalue weighted by atomic mass is 16.4. The molecule has 3 rings (SSSR count). The molecule has 0 saturated heterocycles. The van der Waals surface area contributed by atoms with E-state index in [1.54, 1.807) is 28.9 Å². The van der Waals surface area contributed by atoms with Crippen LogP contribution in [-0.4, -0.2) is 30.6 Å². The van der Waals surface area contributed by atoms with Crippen LogP contribution in [-0.2, 0) is 13.6 Å². The summed E-state index contributed by atoms with van der Waals surface area (Å²) in [6.07, 6.45) is 3.86. The van der Waals surface area contributed by atoms with Crippen LogP contribution in [0.2, 0.25) is 0 Å². The summed E-state index contributed by atoms with van der Waals surface area (Å²) in [6.45, 7) is 2.55. The average Bonchev–Trinajstić information content (AvgIpc) is 3.06. The quantitative estimate of drug-likeness (QED) is 0.802. The topological polar surface area (TPSA) is 72.9 Å². The van der Waals surface area contributed by atoms with E-state index in [1.165, 1.54) is 0 Å². The minimum atomic E-state index is -0.917. The monoisotopic (exact) mass is 296 g/mol. The maximum atomic E-state index is 10.8. The van der Waals surface area contributed by atoms with E-state index in [0.717, 1.165) is 22.5 Å². The van der Waals surface area contributed by atoms with Gasteiger partial charge in [0.2, 0.25) is 0 Å². The molecule has 0 saturated carbocycles. The van der Waals surface area contributed by atoms with Gasteiger partial charge in [-0.1, -0.05) is 12.1 Å². The molecule has 0 bridgehead atoms. The van der Waals surface area contributed by atoms with E-state index < -0.39 is 5.97 Å². The smallest absolute Gasteiger partial charge is 0.335 e. The van der Waals surface area contributed by atoms with E-state index in [-0.39, 0.29) is 5.56 Å². The lowest BCUT2D eigenvalue weighted by Crippen LogP contribution is -2.02. The Balaban J connectivity index is 1.79. The van der Waals surface area contributed by atoms with Gasteiger partial charge in [-0.05, 0) is 30.7 Å². The number of nitrogens with zero attached hydrogens (tertiary/aromatic N) is 4. The van der Waals surface area contributed by atoms with E-state index in [4.69, 9.17) is 5.11 Å². The summed E-state index contributed by atoms with van der Waals surface area (Å²) in [5.41, 5.74) is 4.13. The van der Waals surface area contributed by atoms with Crippen LogP contribution in [0.4, 0.5) is 0 Å². The molecule has 0 aliphatic rings. The van der Waals surface area contributed by atoms with Gasteiger partial charge in [-0.2, -0.15) is 10.2 Å². The Morgan fingerprint density at radius 2 is 1.91 bits per heavy atom. The molecular weight excluding hydrogens is 280 g/mol. The third-order valence-corrected chi connectivity index (χ3v) is 3.48. The Morgan fingerprint density at radius 3 is 2.50 bits per heavy atom. The first-order valence-electron chi connectivity index (χ1n) is 6.89. The average molecular weight is 296 g/mol. The van der Waals surface area contributed by atoms with Crippen molar-refractivity contribution < 1.29 is 9.90 Å². The SMILES string of the molecule is Cc1nn(C)cc1-c1ccn(Cc2ccc(C(=O)O)cc2)n1. The molecule has 0 amide bonds. The van der Waals surface area contributed by atoms with Crippen molar-refractivity contribution in [3.63, 3.8) is 0 Å². The van der Waals surface area contributed by atoms with Crippen LogP contribution in [0.1, 0.15) is 21.6 Å². The summed E-state index contributed by atoms with van der Waals surface area (Å²) in [7, 11) is 1.89. The van der Waals surface area contributed by atoms with Gasteiger partial charge >= 0.3 is 5.97 Å². The van der Waals surface area contributed by atoms with Crippen LogP contribution in [0.5, 0.6) is 0 Å². The summed E-state index contributed by atoms with van der Waals surface area (Å²) >= 11 is 0. The first-order valence-corrected chi connectivity index (χ1v) is 6.89. The Kier molecular flexibility index (Phi) is 3.50. The van der Waals surface area contributed by atoms with Gasteiger partial charge < -0.3 is 5.11 Å². The summed E-state index contributed by atoms with van der Waals surface area (Å²) in [4.78, 5) is 10.8. The first kappa shape index (κ1) is 14.1. The summed E-state index contributed by atoms with van der Waals surface area (Å²) in [6, 6.07) is 8.77. The molecule has 0 atom stereocenters. The zero-order chi connectivity index (χ0) is 15.7.